The molecule has 26 heavy (non-hydrogen) atoms. The molecular weight excluding hydrogens is 330 g/mol. The zero-order valence-corrected chi connectivity index (χ0v) is 15.3. The van der Waals surface area contributed by atoms with Crippen molar-refractivity contribution in [1.82, 2.24) is 5.32 Å². The minimum absolute atomic E-state index is 0.0332. The predicted molar refractivity (Wildman–Crippen MR) is 99.9 cm³/mol. The molecule has 1 amide bonds. The number of benzene rings is 2. The van der Waals surface area contributed by atoms with E-state index < -0.39 is 0 Å². The van der Waals surface area contributed by atoms with Crippen molar-refractivity contribution in [3.05, 3.63) is 53.6 Å². The molecule has 1 atom stereocenters. The van der Waals surface area contributed by atoms with Gasteiger partial charge in [-0.2, -0.15) is 0 Å². The van der Waals surface area contributed by atoms with Gasteiger partial charge in [-0.1, -0.05) is 25.1 Å². The third kappa shape index (κ3) is 4.48. The second-order valence-electron chi connectivity index (χ2n) is 6.28. The Morgan fingerprint density at radius 3 is 2.54 bits per heavy atom. The number of carbonyl (C=O) groups excluding carboxylic acids is 1. The van der Waals surface area contributed by atoms with Crippen molar-refractivity contribution in [2.24, 2.45) is 0 Å². The van der Waals surface area contributed by atoms with Crippen LogP contribution in [0.2, 0.25) is 0 Å². The molecule has 1 unspecified atom stereocenters. The molecule has 0 saturated carbocycles. The minimum Gasteiger partial charge on any atom is -0.497 e. The number of amides is 1. The second kappa shape index (κ2) is 8.61. The summed E-state index contributed by atoms with van der Waals surface area (Å²) in [5.41, 5.74) is 2.16. The van der Waals surface area contributed by atoms with Crippen LogP contribution < -0.4 is 19.5 Å². The van der Waals surface area contributed by atoms with E-state index in [1.54, 1.807) is 7.11 Å². The number of rotatable bonds is 7. The molecule has 0 bridgehead atoms. The molecule has 1 N–H and O–H groups in total. The number of ether oxygens (including phenoxy) is 3. The standard InChI is InChI=1S/C21H25NO4/c1-3-18(16-7-10-19-20(14-16)26-13-12-25-19)22-21(23)11-6-15-4-8-17(24-2)9-5-15/h4-5,7-10,14,18H,3,6,11-13H2,1-2H3,(H,22,23). The van der Waals surface area contributed by atoms with Crippen LogP contribution in [0.1, 0.15) is 36.9 Å². The highest BCUT2D eigenvalue weighted by molar-refractivity contribution is 5.76. The van der Waals surface area contributed by atoms with Crippen molar-refractivity contribution in [3.8, 4) is 17.2 Å². The summed E-state index contributed by atoms with van der Waals surface area (Å²) in [6.07, 6.45) is 1.97. The summed E-state index contributed by atoms with van der Waals surface area (Å²) in [6.45, 7) is 3.19. The van der Waals surface area contributed by atoms with Crippen molar-refractivity contribution in [2.75, 3.05) is 20.3 Å². The lowest BCUT2D eigenvalue weighted by Gasteiger charge is -2.22. The first-order valence-corrected chi connectivity index (χ1v) is 9.01. The van der Waals surface area contributed by atoms with Crippen LogP contribution >= 0.6 is 0 Å². The van der Waals surface area contributed by atoms with Gasteiger partial charge in [0.1, 0.15) is 19.0 Å². The summed E-state index contributed by atoms with van der Waals surface area (Å²) in [4.78, 5) is 12.4. The maximum atomic E-state index is 12.4. The smallest absolute Gasteiger partial charge is 0.220 e. The number of fused-ring (bicyclic) bond motifs is 1. The molecule has 3 rings (SSSR count). The quantitative estimate of drug-likeness (QED) is 0.823. The van der Waals surface area contributed by atoms with Gasteiger partial charge in [-0.15, -0.1) is 0 Å². The number of carbonyl (C=O) groups is 1. The average molecular weight is 355 g/mol. The molecule has 0 spiro atoms. The third-order valence-electron chi connectivity index (χ3n) is 4.51. The van der Waals surface area contributed by atoms with Crippen molar-refractivity contribution in [3.63, 3.8) is 0 Å². The van der Waals surface area contributed by atoms with Crippen molar-refractivity contribution >= 4 is 5.91 Å². The molecule has 2 aromatic carbocycles. The van der Waals surface area contributed by atoms with Gasteiger partial charge in [0.05, 0.1) is 13.2 Å². The fourth-order valence-electron chi connectivity index (χ4n) is 3.01. The van der Waals surface area contributed by atoms with E-state index in [-0.39, 0.29) is 11.9 Å². The molecule has 5 nitrogen and oxygen atoms in total. The fraction of sp³-hybridized carbons (Fsp3) is 0.381. The number of hydrogen-bond donors (Lipinski definition) is 1. The maximum absolute atomic E-state index is 12.4. The Kier molecular flexibility index (Phi) is 6.00. The fourth-order valence-corrected chi connectivity index (χ4v) is 3.01. The van der Waals surface area contributed by atoms with Crippen LogP contribution in [0.5, 0.6) is 17.2 Å². The van der Waals surface area contributed by atoms with E-state index in [1.807, 2.05) is 42.5 Å². The van der Waals surface area contributed by atoms with Gasteiger partial charge in [0, 0.05) is 6.42 Å². The van der Waals surface area contributed by atoms with E-state index in [4.69, 9.17) is 14.2 Å². The van der Waals surface area contributed by atoms with Gasteiger partial charge in [0.25, 0.3) is 0 Å². The molecule has 1 aliphatic rings. The minimum atomic E-state index is -0.0332. The Labute approximate surface area is 154 Å². The molecule has 0 radical (unpaired) electrons. The van der Waals surface area contributed by atoms with Crippen LogP contribution in [0.25, 0.3) is 0 Å². The van der Waals surface area contributed by atoms with Crippen molar-refractivity contribution in [2.45, 2.75) is 32.2 Å². The molecule has 0 fully saturated rings. The molecule has 1 heterocycles. The third-order valence-corrected chi connectivity index (χ3v) is 4.51. The van der Waals surface area contributed by atoms with E-state index in [1.165, 1.54) is 0 Å². The van der Waals surface area contributed by atoms with Gasteiger partial charge < -0.3 is 19.5 Å². The Morgan fingerprint density at radius 1 is 1.12 bits per heavy atom. The van der Waals surface area contributed by atoms with Crippen LogP contribution in [0.3, 0.4) is 0 Å². The van der Waals surface area contributed by atoms with Gasteiger partial charge in [0.15, 0.2) is 11.5 Å². The van der Waals surface area contributed by atoms with Gasteiger partial charge in [-0.05, 0) is 48.2 Å². The molecule has 5 heteroatoms. The molecular formula is C21H25NO4. The summed E-state index contributed by atoms with van der Waals surface area (Å²) >= 11 is 0. The highest BCUT2D eigenvalue weighted by atomic mass is 16.6. The van der Waals surface area contributed by atoms with Crippen LogP contribution in [-0.2, 0) is 11.2 Å². The highest BCUT2D eigenvalue weighted by Gasteiger charge is 2.17. The highest BCUT2D eigenvalue weighted by Crippen LogP contribution is 2.33. The Bertz CT molecular complexity index is 742. The SMILES string of the molecule is CCC(NC(=O)CCc1ccc(OC)cc1)c1ccc2c(c1)OCCO2. The van der Waals surface area contributed by atoms with Crippen LogP contribution in [0, 0.1) is 0 Å². The number of nitrogens with one attached hydrogen (secondary N) is 1. The Morgan fingerprint density at radius 2 is 1.85 bits per heavy atom. The largest absolute Gasteiger partial charge is 0.497 e. The number of aryl methyl sites for hydroxylation is 1. The summed E-state index contributed by atoms with van der Waals surface area (Å²) in [5.74, 6) is 2.38. The van der Waals surface area contributed by atoms with E-state index in [0.717, 1.165) is 34.8 Å². The zero-order valence-electron chi connectivity index (χ0n) is 15.3. The predicted octanol–water partition coefficient (Wildman–Crippen LogP) is 3.67. The summed E-state index contributed by atoms with van der Waals surface area (Å²) < 4.78 is 16.3. The first-order chi connectivity index (χ1) is 12.7. The summed E-state index contributed by atoms with van der Waals surface area (Å²) in [6, 6.07) is 13.6. The van der Waals surface area contributed by atoms with Gasteiger partial charge in [-0.3, -0.25) is 4.79 Å². The summed E-state index contributed by atoms with van der Waals surface area (Å²) in [7, 11) is 1.64. The molecule has 0 aromatic heterocycles. The normalized spacial score (nSPS) is 13.8. The van der Waals surface area contributed by atoms with E-state index >= 15 is 0 Å². The molecule has 0 saturated heterocycles. The van der Waals surface area contributed by atoms with Gasteiger partial charge in [0.2, 0.25) is 5.91 Å². The summed E-state index contributed by atoms with van der Waals surface area (Å²) in [5, 5.41) is 3.12. The topological polar surface area (TPSA) is 56.8 Å². The zero-order chi connectivity index (χ0) is 18.4. The first-order valence-electron chi connectivity index (χ1n) is 9.01. The van der Waals surface area contributed by atoms with Crippen LogP contribution in [-0.4, -0.2) is 26.2 Å². The molecule has 0 aliphatic carbocycles. The van der Waals surface area contributed by atoms with E-state index in [2.05, 4.69) is 12.2 Å². The van der Waals surface area contributed by atoms with Crippen LogP contribution in [0.15, 0.2) is 42.5 Å². The lowest BCUT2D eigenvalue weighted by molar-refractivity contribution is -0.121. The first kappa shape index (κ1) is 18.1. The van der Waals surface area contributed by atoms with Crippen molar-refractivity contribution in [1.29, 1.82) is 0 Å². The maximum Gasteiger partial charge on any atom is 0.220 e. The van der Waals surface area contributed by atoms with E-state index in [9.17, 15) is 4.79 Å². The van der Waals surface area contributed by atoms with Gasteiger partial charge in [-0.25, -0.2) is 0 Å². The monoisotopic (exact) mass is 355 g/mol. The Balaban J connectivity index is 1.57. The number of hydrogen-bond acceptors (Lipinski definition) is 4. The molecule has 1 aliphatic heterocycles. The average Bonchev–Trinajstić information content (AvgIpc) is 2.70. The molecule has 2 aromatic rings. The van der Waals surface area contributed by atoms with Crippen molar-refractivity contribution < 1.29 is 19.0 Å². The molecule has 138 valence electrons. The van der Waals surface area contributed by atoms with Crippen LogP contribution in [0.4, 0.5) is 0 Å². The Hall–Kier alpha value is -2.69. The van der Waals surface area contributed by atoms with E-state index in [0.29, 0.717) is 26.1 Å². The lowest BCUT2D eigenvalue weighted by Crippen LogP contribution is -2.28. The second-order valence-corrected chi connectivity index (χ2v) is 6.28. The van der Waals surface area contributed by atoms with Gasteiger partial charge >= 0.3 is 0 Å². The number of methoxy groups -OCH3 is 1. The lowest BCUT2D eigenvalue weighted by atomic mass is 10.0.